The van der Waals surface area contributed by atoms with E-state index in [2.05, 4.69) is 27.7 Å². The lowest BCUT2D eigenvalue weighted by Gasteiger charge is -2.17. The molecule has 0 radical (unpaired) electrons. The van der Waals surface area contributed by atoms with Gasteiger partial charge in [0.15, 0.2) is 0 Å². The number of hydrogen-bond donors (Lipinski definition) is 0. The number of hydrogen-bond acceptors (Lipinski definition) is 2. The molecule has 0 spiro atoms. The fourth-order valence-electron chi connectivity index (χ4n) is 2.95. The number of carbonyl (C=O) groups excluding carboxylic acids is 1. The highest BCUT2D eigenvalue weighted by Crippen LogP contribution is 2.22. The summed E-state index contributed by atoms with van der Waals surface area (Å²) in [4.78, 5) is 11.6. The number of unbranched alkanes of at least 4 members (excludes halogenated alkanes) is 11. The Balaban J connectivity index is 3.21. The fourth-order valence-corrected chi connectivity index (χ4v) is 2.95. The molecule has 0 fully saturated rings. The van der Waals surface area contributed by atoms with Crippen LogP contribution in [0.1, 0.15) is 124 Å². The summed E-state index contributed by atoms with van der Waals surface area (Å²) >= 11 is 0. The van der Waals surface area contributed by atoms with Crippen LogP contribution in [0.4, 0.5) is 0 Å². The van der Waals surface area contributed by atoms with E-state index in [4.69, 9.17) is 4.74 Å². The van der Waals surface area contributed by atoms with E-state index >= 15 is 0 Å². The van der Waals surface area contributed by atoms with Crippen molar-refractivity contribution in [3.63, 3.8) is 0 Å². The predicted molar refractivity (Wildman–Crippen MR) is 105 cm³/mol. The van der Waals surface area contributed by atoms with Crippen LogP contribution in [0.3, 0.4) is 0 Å². The monoisotopic (exact) mass is 340 g/mol. The molecule has 0 rings (SSSR count). The molecule has 0 aliphatic rings. The average Bonchev–Trinajstić information content (AvgIpc) is 2.51. The third-order valence-electron chi connectivity index (χ3n) is 4.57. The van der Waals surface area contributed by atoms with E-state index in [0.717, 1.165) is 19.3 Å². The van der Waals surface area contributed by atoms with Crippen LogP contribution in [0.25, 0.3) is 0 Å². The third kappa shape index (κ3) is 19.5. The van der Waals surface area contributed by atoms with Gasteiger partial charge in [0.05, 0.1) is 6.61 Å². The first-order valence-corrected chi connectivity index (χ1v) is 10.6. The van der Waals surface area contributed by atoms with Crippen LogP contribution in [0.5, 0.6) is 0 Å². The maximum absolute atomic E-state index is 11.6. The van der Waals surface area contributed by atoms with Crippen LogP contribution in [-0.4, -0.2) is 12.6 Å². The largest absolute Gasteiger partial charge is 0.466 e. The van der Waals surface area contributed by atoms with Crippen LogP contribution < -0.4 is 0 Å². The van der Waals surface area contributed by atoms with E-state index < -0.39 is 0 Å². The van der Waals surface area contributed by atoms with Crippen molar-refractivity contribution in [2.24, 2.45) is 5.41 Å². The number of carbonyl (C=O) groups is 1. The van der Waals surface area contributed by atoms with Gasteiger partial charge in [-0.05, 0) is 24.7 Å². The van der Waals surface area contributed by atoms with Crippen molar-refractivity contribution < 1.29 is 9.53 Å². The molecular formula is C22H44O2. The van der Waals surface area contributed by atoms with Crippen molar-refractivity contribution in [1.29, 1.82) is 0 Å². The topological polar surface area (TPSA) is 26.3 Å². The first-order valence-electron chi connectivity index (χ1n) is 10.6. The summed E-state index contributed by atoms with van der Waals surface area (Å²) in [6, 6.07) is 0. The van der Waals surface area contributed by atoms with E-state index in [-0.39, 0.29) is 5.97 Å². The number of esters is 1. The zero-order valence-corrected chi connectivity index (χ0v) is 17.1. The minimum absolute atomic E-state index is 0.00156. The summed E-state index contributed by atoms with van der Waals surface area (Å²) in [7, 11) is 0. The van der Waals surface area contributed by atoms with Crippen LogP contribution in [0, 0.1) is 5.41 Å². The van der Waals surface area contributed by atoms with Gasteiger partial charge in [-0.25, -0.2) is 0 Å². The third-order valence-corrected chi connectivity index (χ3v) is 4.57. The molecule has 0 bridgehead atoms. The summed E-state index contributed by atoms with van der Waals surface area (Å²) in [6.07, 6.45) is 18.3. The molecule has 0 heterocycles. The minimum atomic E-state index is 0.00156. The Hall–Kier alpha value is -0.530. The van der Waals surface area contributed by atoms with Crippen LogP contribution in [0.2, 0.25) is 0 Å². The lowest BCUT2D eigenvalue weighted by Crippen LogP contribution is -2.06. The molecule has 0 amide bonds. The zero-order valence-electron chi connectivity index (χ0n) is 17.1. The molecule has 0 aromatic rings. The van der Waals surface area contributed by atoms with Gasteiger partial charge >= 0.3 is 5.97 Å². The molecule has 0 atom stereocenters. The quantitative estimate of drug-likeness (QED) is 0.215. The highest BCUT2D eigenvalue weighted by atomic mass is 16.5. The van der Waals surface area contributed by atoms with Crippen LogP contribution in [-0.2, 0) is 9.53 Å². The van der Waals surface area contributed by atoms with E-state index in [9.17, 15) is 4.79 Å². The zero-order chi connectivity index (χ0) is 18.1. The Labute approximate surface area is 152 Å². The molecule has 2 heteroatoms. The highest BCUT2D eigenvalue weighted by molar-refractivity contribution is 5.69. The molecule has 0 aliphatic heterocycles. The van der Waals surface area contributed by atoms with Gasteiger partial charge in [-0.2, -0.15) is 0 Å². The summed E-state index contributed by atoms with van der Waals surface area (Å²) < 4.78 is 5.32. The minimum Gasteiger partial charge on any atom is -0.466 e. The molecule has 0 aromatic heterocycles. The van der Waals surface area contributed by atoms with Crippen molar-refractivity contribution in [3.05, 3.63) is 0 Å². The van der Waals surface area contributed by atoms with E-state index in [1.54, 1.807) is 0 Å². The maximum atomic E-state index is 11.6. The lowest BCUT2D eigenvalue weighted by atomic mass is 9.89. The van der Waals surface area contributed by atoms with Gasteiger partial charge in [-0.3, -0.25) is 4.79 Å². The first kappa shape index (κ1) is 23.5. The van der Waals surface area contributed by atoms with Gasteiger partial charge in [-0.1, -0.05) is 98.3 Å². The van der Waals surface area contributed by atoms with Gasteiger partial charge in [0.2, 0.25) is 0 Å². The van der Waals surface area contributed by atoms with Gasteiger partial charge in [0.25, 0.3) is 0 Å². The normalized spacial score (nSPS) is 11.7. The summed E-state index contributed by atoms with van der Waals surface area (Å²) in [5.74, 6) is 0.00156. The summed E-state index contributed by atoms with van der Waals surface area (Å²) in [5.41, 5.74) is 0.413. The van der Waals surface area contributed by atoms with Crippen molar-refractivity contribution in [3.8, 4) is 0 Å². The smallest absolute Gasteiger partial charge is 0.305 e. The molecule has 0 saturated carbocycles. The van der Waals surface area contributed by atoms with Gasteiger partial charge < -0.3 is 4.74 Å². The summed E-state index contributed by atoms with van der Waals surface area (Å²) in [6.45, 7) is 9.70. The predicted octanol–water partition coefficient (Wildman–Crippen LogP) is 7.45. The molecule has 0 aromatic carbocycles. The van der Waals surface area contributed by atoms with Gasteiger partial charge in [-0.15, -0.1) is 0 Å². The van der Waals surface area contributed by atoms with E-state index in [0.29, 0.717) is 18.4 Å². The van der Waals surface area contributed by atoms with Crippen LogP contribution >= 0.6 is 0 Å². The molecule has 2 nitrogen and oxygen atoms in total. The Bertz CT molecular complexity index is 278. The Kier molecular flexibility index (Phi) is 15.6. The highest BCUT2D eigenvalue weighted by Gasteiger charge is 2.09. The Morgan fingerprint density at radius 1 is 0.708 bits per heavy atom. The second-order valence-electron chi connectivity index (χ2n) is 8.52. The molecule has 0 saturated heterocycles. The summed E-state index contributed by atoms with van der Waals surface area (Å²) in [5, 5.41) is 0. The van der Waals surface area contributed by atoms with E-state index in [1.165, 1.54) is 70.6 Å². The van der Waals surface area contributed by atoms with Crippen molar-refractivity contribution in [2.75, 3.05) is 6.61 Å². The molecule has 144 valence electrons. The second-order valence-corrected chi connectivity index (χ2v) is 8.52. The molecule has 0 N–H and O–H groups in total. The number of ether oxygens (including phenoxy) is 1. The van der Waals surface area contributed by atoms with Crippen LogP contribution in [0.15, 0.2) is 0 Å². The number of rotatable bonds is 16. The first-order chi connectivity index (χ1) is 11.5. The molecule has 0 unspecified atom stereocenters. The van der Waals surface area contributed by atoms with Gasteiger partial charge in [0.1, 0.15) is 0 Å². The standard InChI is InChI=1S/C22H44O2/c1-5-6-7-8-9-10-11-12-13-17-20-24-21(23)18-15-14-16-19-22(2,3)4/h5-20H2,1-4H3. The van der Waals surface area contributed by atoms with Crippen molar-refractivity contribution in [2.45, 2.75) is 124 Å². The fraction of sp³-hybridized carbons (Fsp3) is 0.955. The SMILES string of the molecule is CCCCCCCCCCCCOC(=O)CCCCCC(C)(C)C. The second kappa shape index (κ2) is 16.0. The molecular weight excluding hydrogens is 296 g/mol. The van der Waals surface area contributed by atoms with E-state index in [1.807, 2.05) is 0 Å². The molecule has 24 heavy (non-hydrogen) atoms. The maximum Gasteiger partial charge on any atom is 0.305 e. The Morgan fingerprint density at radius 3 is 1.75 bits per heavy atom. The van der Waals surface area contributed by atoms with Gasteiger partial charge in [0, 0.05) is 6.42 Å². The molecule has 0 aliphatic carbocycles. The lowest BCUT2D eigenvalue weighted by molar-refractivity contribution is -0.143. The van der Waals surface area contributed by atoms with Crippen molar-refractivity contribution in [1.82, 2.24) is 0 Å². The van der Waals surface area contributed by atoms with Crippen molar-refractivity contribution >= 4 is 5.97 Å². The Morgan fingerprint density at radius 2 is 1.21 bits per heavy atom. The average molecular weight is 341 g/mol.